The molecule has 0 bridgehead atoms. The van der Waals surface area contributed by atoms with Crippen molar-refractivity contribution in [1.29, 1.82) is 0 Å². The lowest BCUT2D eigenvalue weighted by Gasteiger charge is -2.19. The van der Waals surface area contributed by atoms with E-state index in [1.54, 1.807) is 0 Å². The number of carbonyl (C=O) groups excluding carboxylic acids is 1. The van der Waals surface area contributed by atoms with Crippen molar-refractivity contribution in [2.45, 2.75) is 39.8 Å². The maximum atomic E-state index is 12.2. The van der Waals surface area contributed by atoms with Crippen LogP contribution in [0.3, 0.4) is 0 Å². The number of aliphatic hydroxyl groups is 1. The van der Waals surface area contributed by atoms with Crippen molar-refractivity contribution in [3.63, 3.8) is 0 Å². The van der Waals surface area contributed by atoms with Crippen LogP contribution < -0.4 is 5.32 Å². The number of aryl methyl sites for hydroxylation is 1. The third-order valence-corrected chi connectivity index (χ3v) is 3.66. The van der Waals surface area contributed by atoms with Gasteiger partial charge in [0.15, 0.2) is 0 Å². The molecule has 2 N–H and O–H groups in total. The molecule has 0 saturated carbocycles. The number of nitrogens with zero attached hydrogens (tertiary/aromatic N) is 1. The monoisotopic (exact) mass is 288 g/mol. The van der Waals surface area contributed by atoms with E-state index in [4.69, 9.17) is 0 Å². The van der Waals surface area contributed by atoms with Crippen LogP contribution in [0.1, 0.15) is 26.0 Å². The fourth-order valence-electron chi connectivity index (χ4n) is 2.72. The van der Waals surface area contributed by atoms with E-state index >= 15 is 0 Å². The fourth-order valence-corrected chi connectivity index (χ4v) is 2.72. The number of aromatic nitrogens is 1. The average molecular weight is 288 g/mol. The maximum absolute atomic E-state index is 12.2. The second kappa shape index (κ2) is 6.76. The summed E-state index contributed by atoms with van der Waals surface area (Å²) < 4.78 is 2.01. The highest BCUT2D eigenvalue weighted by atomic mass is 16.3. The Morgan fingerprint density at radius 1 is 1.33 bits per heavy atom. The Morgan fingerprint density at radius 2 is 2.05 bits per heavy atom. The molecular weight excluding hydrogens is 264 g/mol. The number of nitrogens with one attached hydrogen (secondary N) is 1. The van der Waals surface area contributed by atoms with Crippen LogP contribution in [-0.4, -0.2) is 28.2 Å². The molecule has 1 amide bonds. The molecule has 1 unspecified atom stereocenters. The van der Waals surface area contributed by atoms with Gasteiger partial charge in [-0.15, -0.1) is 0 Å². The Labute approximate surface area is 125 Å². The Morgan fingerprint density at radius 3 is 2.71 bits per heavy atom. The molecule has 1 atom stereocenters. The molecule has 0 aliphatic carbocycles. The SMILES string of the molecule is Cc1cc2ccccc2n1CC(=O)NC(CO)CC(C)C. The highest BCUT2D eigenvalue weighted by Gasteiger charge is 2.15. The number of benzene rings is 1. The summed E-state index contributed by atoms with van der Waals surface area (Å²) in [5, 5.41) is 13.4. The lowest BCUT2D eigenvalue weighted by atomic mass is 10.0. The van der Waals surface area contributed by atoms with Crippen molar-refractivity contribution in [3.8, 4) is 0 Å². The number of fused-ring (bicyclic) bond motifs is 1. The van der Waals surface area contributed by atoms with Gasteiger partial charge in [-0.3, -0.25) is 4.79 Å². The number of aliphatic hydroxyl groups excluding tert-OH is 1. The molecule has 1 aromatic carbocycles. The predicted octanol–water partition coefficient (Wildman–Crippen LogP) is 2.47. The number of amides is 1. The summed E-state index contributed by atoms with van der Waals surface area (Å²) in [5.41, 5.74) is 2.13. The summed E-state index contributed by atoms with van der Waals surface area (Å²) in [6, 6.07) is 9.96. The van der Waals surface area contributed by atoms with Crippen molar-refractivity contribution in [2.75, 3.05) is 6.61 Å². The number of rotatable bonds is 6. The van der Waals surface area contributed by atoms with Crippen LogP contribution in [0.2, 0.25) is 0 Å². The van der Waals surface area contributed by atoms with E-state index < -0.39 is 0 Å². The first kappa shape index (κ1) is 15.6. The van der Waals surface area contributed by atoms with Gasteiger partial charge in [-0.05, 0) is 36.8 Å². The minimum absolute atomic E-state index is 0.0185. The predicted molar refractivity (Wildman–Crippen MR) is 85.1 cm³/mol. The van der Waals surface area contributed by atoms with Crippen molar-refractivity contribution in [1.82, 2.24) is 9.88 Å². The van der Waals surface area contributed by atoms with E-state index in [0.29, 0.717) is 5.92 Å². The van der Waals surface area contributed by atoms with Crippen LogP contribution in [0, 0.1) is 12.8 Å². The Hall–Kier alpha value is -1.81. The lowest BCUT2D eigenvalue weighted by Crippen LogP contribution is -2.40. The molecule has 114 valence electrons. The minimum Gasteiger partial charge on any atom is -0.394 e. The van der Waals surface area contributed by atoms with Gasteiger partial charge in [0.05, 0.1) is 12.6 Å². The van der Waals surface area contributed by atoms with Crippen LogP contribution in [0.4, 0.5) is 0 Å². The lowest BCUT2D eigenvalue weighted by molar-refractivity contribution is -0.122. The standard InChI is InChI=1S/C17H24N2O2/c1-12(2)8-15(11-20)18-17(21)10-19-13(3)9-14-6-4-5-7-16(14)19/h4-7,9,12,15,20H,8,10-11H2,1-3H3,(H,18,21). The molecule has 0 aliphatic rings. The first-order chi connectivity index (χ1) is 10.0. The van der Waals surface area contributed by atoms with Crippen molar-refractivity contribution < 1.29 is 9.90 Å². The molecule has 0 aliphatic heterocycles. The summed E-state index contributed by atoms with van der Waals surface area (Å²) in [6.07, 6.45) is 0.785. The highest BCUT2D eigenvalue weighted by molar-refractivity contribution is 5.84. The third kappa shape index (κ3) is 3.85. The summed E-state index contributed by atoms with van der Waals surface area (Å²) in [5.74, 6) is 0.385. The second-order valence-electron chi connectivity index (χ2n) is 6.01. The van der Waals surface area contributed by atoms with Crippen LogP contribution >= 0.6 is 0 Å². The normalized spacial score (nSPS) is 12.8. The molecule has 4 heteroatoms. The van der Waals surface area contributed by atoms with E-state index in [1.807, 2.05) is 35.8 Å². The average Bonchev–Trinajstić information content (AvgIpc) is 2.74. The second-order valence-corrected chi connectivity index (χ2v) is 6.01. The zero-order chi connectivity index (χ0) is 15.4. The fraction of sp³-hybridized carbons (Fsp3) is 0.471. The molecule has 1 aromatic heterocycles. The van der Waals surface area contributed by atoms with Crippen LogP contribution in [0.15, 0.2) is 30.3 Å². The van der Waals surface area contributed by atoms with Gasteiger partial charge in [-0.1, -0.05) is 32.0 Å². The van der Waals surface area contributed by atoms with Gasteiger partial charge in [0.1, 0.15) is 6.54 Å². The number of carbonyl (C=O) groups is 1. The Balaban J connectivity index is 2.09. The number of hydrogen-bond acceptors (Lipinski definition) is 2. The van der Waals surface area contributed by atoms with Gasteiger partial charge < -0.3 is 15.0 Å². The van der Waals surface area contributed by atoms with E-state index in [1.165, 1.54) is 0 Å². The summed E-state index contributed by atoms with van der Waals surface area (Å²) in [7, 11) is 0. The van der Waals surface area contributed by atoms with E-state index in [-0.39, 0.29) is 25.1 Å². The molecule has 1 heterocycles. The number of hydrogen-bond donors (Lipinski definition) is 2. The van der Waals surface area contributed by atoms with Crippen LogP contribution in [-0.2, 0) is 11.3 Å². The topological polar surface area (TPSA) is 54.3 Å². The Bertz CT molecular complexity index is 616. The minimum atomic E-state index is -0.167. The van der Waals surface area contributed by atoms with Gasteiger partial charge in [0, 0.05) is 11.2 Å². The third-order valence-electron chi connectivity index (χ3n) is 3.66. The molecular formula is C17H24N2O2. The summed E-state index contributed by atoms with van der Waals surface area (Å²) >= 11 is 0. The summed E-state index contributed by atoms with van der Waals surface area (Å²) in [4.78, 5) is 12.2. The van der Waals surface area contributed by atoms with Gasteiger partial charge in [-0.2, -0.15) is 0 Å². The van der Waals surface area contributed by atoms with Crippen molar-refractivity contribution >= 4 is 16.8 Å². The van der Waals surface area contributed by atoms with Gasteiger partial charge in [0.25, 0.3) is 0 Å². The maximum Gasteiger partial charge on any atom is 0.240 e. The zero-order valence-electron chi connectivity index (χ0n) is 13.0. The molecule has 0 fully saturated rings. The zero-order valence-corrected chi connectivity index (χ0v) is 13.0. The van der Waals surface area contributed by atoms with E-state index in [9.17, 15) is 9.90 Å². The molecule has 2 aromatic rings. The van der Waals surface area contributed by atoms with Gasteiger partial charge in [0.2, 0.25) is 5.91 Å². The largest absolute Gasteiger partial charge is 0.394 e. The van der Waals surface area contributed by atoms with Crippen molar-refractivity contribution in [3.05, 3.63) is 36.0 Å². The van der Waals surface area contributed by atoms with Gasteiger partial charge in [-0.25, -0.2) is 0 Å². The smallest absolute Gasteiger partial charge is 0.240 e. The summed E-state index contributed by atoms with van der Waals surface area (Å²) in [6.45, 7) is 6.44. The van der Waals surface area contributed by atoms with E-state index in [2.05, 4.69) is 25.2 Å². The molecule has 0 saturated heterocycles. The quantitative estimate of drug-likeness (QED) is 0.858. The highest BCUT2D eigenvalue weighted by Crippen LogP contribution is 2.18. The van der Waals surface area contributed by atoms with Crippen LogP contribution in [0.5, 0.6) is 0 Å². The molecule has 4 nitrogen and oxygen atoms in total. The van der Waals surface area contributed by atoms with Gasteiger partial charge >= 0.3 is 0 Å². The molecule has 2 rings (SSSR count). The Kier molecular flexibility index (Phi) is 5.02. The van der Waals surface area contributed by atoms with E-state index in [0.717, 1.165) is 23.0 Å². The first-order valence-corrected chi connectivity index (χ1v) is 7.46. The molecule has 21 heavy (non-hydrogen) atoms. The van der Waals surface area contributed by atoms with Crippen LogP contribution in [0.25, 0.3) is 10.9 Å². The molecule has 0 spiro atoms. The first-order valence-electron chi connectivity index (χ1n) is 7.46. The number of para-hydroxylation sites is 1. The van der Waals surface area contributed by atoms with Crippen molar-refractivity contribution in [2.24, 2.45) is 5.92 Å². The molecule has 0 radical (unpaired) electrons.